The Kier molecular flexibility index (Phi) is 5.33. The van der Waals surface area contributed by atoms with E-state index in [0.717, 1.165) is 19.3 Å². The minimum absolute atomic E-state index is 0. The Hall–Kier alpha value is -0.280. The average molecular weight is 208 g/mol. The van der Waals surface area contributed by atoms with Crippen LogP contribution in [0, 0.1) is 5.92 Å². The highest BCUT2D eigenvalue weighted by Crippen LogP contribution is 2.27. The molecule has 0 aliphatic heterocycles. The fourth-order valence-corrected chi connectivity index (χ4v) is 2.02. The Morgan fingerprint density at radius 1 is 1.31 bits per heavy atom. The van der Waals surface area contributed by atoms with Gasteiger partial charge in [-0.05, 0) is 26.9 Å². The van der Waals surface area contributed by atoms with Gasteiger partial charge in [-0.2, -0.15) is 0 Å². The summed E-state index contributed by atoms with van der Waals surface area (Å²) >= 11 is 0. The first-order chi connectivity index (χ1) is 5.63. The molecule has 0 bridgehead atoms. The summed E-state index contributed by atoms with van der Waals surface area (Å²) in [4.78, 5) is 12.9. The molecular formula is C9H18ClNO2. The van der Waals surface area contributed by atoms with Gasteiger partial charge in [-0.25, -0.2) is 0 Å². The van der Waals surface area contributed by atoms with Gasteiger partial charge in [-0.15, -0.1) is 12.4 Å². The molecule has 0 unspecified atom stereocenters. The van der Waals surface area contributed by atoms with E-state index in [0.29, 0.717) is 0 Å². The van der Waals surface area contributed by atoms with Crippen LogP contribution in [0.2, 0.25) is 0 Å². The van der Waals surface area contributed by atoms with Crippen molar-refractivity contribution in [1.29, 1.82) is 0 Å². The maximum atomic E-state index is 10.8. The first-order valence-electron chi connectivity index (χ1n) is 4.52. The SMILES string of the molecule is CN(C)[C@@H]1CCCC[C@@H]1C(=O)O.Cl. The molecule has 1 aliphatic rings. The molecule has 3 nitrogen and oxygen atoms in total. The zero-order chi connectivity index (χ0) is 9.14. The van der Waals surface area contributed by atoms with Gasteiger partial charge in [0.05, 0.1) is 5.92 Å². The molecule has 1 saturated carbocycles. The van der Waals surface area contributed by atoms with Crippen molar-refractivity contribution < 1.29 is 9.90 Å². The zero-order valence-corrected chi connectivity index (χ0v) is 9.01. The highest BCUT2D eigenvalue weighted by Gasteiger charge is 2.31. The number of carbonyl (C=O) groups is 1. The average Bonchev–Trinajstić information content (AvgIpc) is 2.04. The van der Waals surface area contributed by atoms with Crippen molar-refractivity contribution in [2.45, 2.75) is 31.7 Å². The third-order valence-electron chi connectivity index (χ3n) is 2.71. The van der Waals surface area contributed by atoms with Crippen molar-refractivity contribution in [2.24, 2.45) is 5.92 Å². The number of carboxylic acids is 1. The zero-order valence-electron chi connectivity index (χ0n) is 8.19. The lowest BCUT2D eigenvalue weighted by molar-refractivity contribution is -0.145. The second kappa shape index (κ2) is 5.45. The topological polar surface area (TPSA) is 40.5 Å². The van der Waals surface area contributed by atoms with Crippen LogP contribution in [0.4, 0.5) is 0 Å². The molecule has 0 amide bonds. The Labute approximate surface area is 85.5 Å². The third-order valence-corrected chi connectivity index (χ3v) is 2.71. The number of hydrogen-bond acceptors (Lipinski definition) is 2. The summed E-state index contributed by atoms with van der Waals surface area (Å²) in [5, 5.41) is 8.93. The van der Waals surface area contributed by atoms with Crippen LogP contribution < -0.4 is 0 Å². The van der Waals surface area contributed by atoms with E-state index in [-0.39, 0.29) is 24.4 Å². The molecule has 0 spiro atoms. The molecule has 0 aromatic heterocycles. The van der Waals surface area contributed by atoms with Gasteiger partial charge < -0.3 is 10.0 Å². The summed E-state index contributed by atoms with van der Waals surface area (Å²) in [7, 11) is 3.93. The number of carboxylic acid groups (broad SMARTS) is 1. The molecular weight excluding hydrogens is 190 g/mol. The van der Waals surface area contributed by atoms with Gasteiger partial charge in [-0.1, -0.05) is 12.8 Å². The van der Waals surface area contributed by atoms with E-state index in [1.54, 1.807) is 0 Å². The minimum Gasteiger partial charge on any atom is -0.481 e. The van der Waals surface area contributed by atoms with Crippen molar-refractivity contribution in [2.75, 3.05) is 14.1 Å². The molecule has 1 fully saturated rings. The molecule has 2 atom stereocenters. The molecule has 1 N–H and O–H groups in total. The van der Waals surface area contributed by atoms with Crippen LogP contribution in [-0.2, 0) is 4.79 Å². The van der Waals surface area contributed by atoms with E-state index >= 15 is 0 Å². The van der Waals surface area contributed by atoms with Gasteiger partial charge in [0.15, 0.2) is 0 Å². The van der Waals surface area contributed by atoms with Crippen LogP contribution in [0.5, 0.6) is 0 Å². The standard InChI is InChI=1S/C9H17NO2.ClH/c1-10(2)8-6-4-3-5-7(8)9(11)12;/h7-8H,3-6H2,1-2H3,(H,11,12);1H/t7-,8+;/m0./s1. The van der Waals surface area contributed by atoms with Crippen molar-refractivity contribution in [3.63, 3.8) is 0 Å². The highest BCUT2D eigenvalue weighted by molar-refractivity contribution is 5.85. The maximum absolute atomic E-state index is 10.8. The molecule has 13 heavy (non-hydrogen) atoms. The van der Waals surface area contributed by atoms with Crippen molar-refractivity contribution in [3.8, 4) is 0 Å². The van der Waals surface area contributed by atoms with Gasteiger partial charge >= 0.3 is 5.97 Å². The predicted molar refractivity (Wildman–Crippen MR) is 54.3 cm³/mol. The Balaban J connectivity index is 0.00000144. The van der Waals surface area contributed by atoms with Crippen LogP contribution >= 0.6 is 12.4 Å². The van der Waals surface area contributed by atoms with Gasteiger partial charge in [0.25, 0.3) is 0 Å². The number of nitrogens with zero attached hydrogens (tertiary/aromatic N) is 1. The monoisotopic (exact) mass is 207 g/mol. The Morgan fingerprint density at radius 2 is 1.85 bits per heavy atom. The van der Waals surface area contributed by atoms with Gasteiger partial charge in [-0.3, -0.25) is 4.79 Å². The number of halogens is 1. The minimum atomic E-state index is -0.631. The van der Waals surface area contributed by atoms with E-state index in [1.807, 2.05) is 19.0 Å². The van der Waals surface area contributed by atoms with Crippen LogP contribution in [0.3, 0.4) is 0 Å². The quantitative estimate of drug-likeness (QED) is 0.748. The lowest BCUT2D eigenvalue weighted by atomic mass is 9.84. The molecule has 0 heterocycles. The lowest BCUT2D eigenvalue weighted by Gasteiger charge is -2.33. The third kappa shape index (κ3) is 3.16. The summed E-state index contributed by atoms with van der Waals surface area (Å²) in [6.45, 7) is 0. The number of hydrogen-bond donors (Lipinski definition) is 1. The molecule has 0 aromatic rings. The highest BCUT2D eigenvalue weighted by atomic mass is 35.5. The van der Waals surface area contributed by atoms with Crippen LogP contribution in [0.1, 0.15) is 25.7 Å². The number of rotatable bonds is 2. The molecule has 1 aliphatic carbocycles. The van der Waals surface area contributed by atoms with Crippen LogP contribution in [0.15, 0.2) is 0 Å². The molecule has 0 radical (unpaired) electrons. The second-order valence-electron chi connectivity index (χ2n) is 3.76. The maximum Gasteiger partial charge on any atom is 0.308 e. The molecule has 78 valence electrons. The first-order valence-corrected chi connectivity index (χ1v) is 4.52. The lowest BCUT2D eigenvalue weighted by Crippen LogP contribution is -2.41. The largest absolute Gasteiger partial charge is 0.481 e. The summed E-state index contributed by atoms with van der Waals surface area (Å²) < 4.78 is 0. The number of aliphatic carboxylic acids is 1. The van der Waals surface area contributed by atoms with E-state index in [9.17, 15) is 4.79 Å². The van der Waals surface area contributed by atoms with Gasteiger partial charge in [0, 0.05) is 6.04 Å². The molecule has 1 rings (SSSR count). The van der Waals surface area contributed by atoms with Gasteiger partial charge in [0.1, 0.15) is 0 Å². The van der Waals surface area contributed by atoms with E-state index in [4.69, 9.17) is 5.11 Å². The van der Waals surface area contributed by atoms with E-state index in [1.165, 1.54) is 6.42 Å². The van der Waals surface area contributed by atoms with E-state index < -0.39 is 5.97 Å². The van der Waals surface area contributed by atoms with Crippen LogP contribution in [-0.4, -0.2) is 36.1 Å². The predicted octanol–water partition coefficient (Wildman–Crippen LogP) is 1.61. The summed E-state index contributed by atoms with van der Waals surface area (Å²) in [6, 6.07) is 0.247. The van der Waals surface area contributed by atoms with Crippen molar-refractivity contribution >= 4 is 18.4 Å². The van der Waals surface area contributed by atoms with Crippen molar-refractivity contribution in [3.05, 3.63) is 0 Å². The van der Waals surface area contributed by atoms with Crippen LogP contribution in [0.25, 0.3) is 0 Å². The second-order valence-corrected chi connectivity index (χ2v) is 3.76. The Morgan fingerprint density at radius 3 is 2.23 bits per heavy atom. The summed E-state index contributed by atoms with van der Waals surface area (Å²) in [5.41, 5.74) is 0. The van der Waals surface area contributed by atoms with E-state index in [2.05, 4.69) is 0 Å². The smallest absolute Gasteiger partial charge is 0.308 e. The Bertz CT molecular complexity index is 173. The molecule has 0 aromatic carbocycles. The molecule has 0 saturated heterocycles. The fraction of sp³-hybridized carbons (Fsp3) is 0.889. The first kappa shape index (κ1) is 12.7. The molecule has 4 heteroatoms. The van der Waals surface area contributed by atoms with Crippen molar-refractivity contribution in [1.82, 2.24) is 4.90 Å². The fourth-order valence-electron chi connectivity index (χ4n) is 2.02. The summed E-state index contributed by atoms with van der Waals surface area (Å²) in [6.07, 6.45) is 4.12. The summed E-state index contributed by atoms with van der Waals surface area (Å²) in [5.74, 6) is -0.776. The van der Waals surface area contributed by atoms with Gasteiger partial charge in [0.2, 0.25) is 0 Å². The normalized spacial score (nSPS) is 28.2.